The number of hydrogen-bond donors (Lipinski definition) is 2. The van der Waals surface area contributed by atoms with Crippen molar-refractivity contribution in [1.82, 2.24) is 5.32 Å². The van der Waals surface area contributed by atoms with Crippen LogP contribution < -0.4 is 11.1 Å². The van der Waals surface area contributed by atoms with Crippen LogP contribution >= 0.6 is 22.9 Å². The molecule has 0 saturated heterocycles. The van der Waals surface area contributed by atoms with Gasteiger partial charge >= 0.3 is 0 Å². The lowest BCUT2D eigenvalue weighted by molar-refractivity contribution is -0.122. The molecule has 3 N–H and O–H groups in total. The fourth-order valence-corrected chi connectivity index (χ4v) is 3.74. The molecule has 1 aromatic heterocycles. The molecule has 6 heteroatoms. The lowest BCUT2D eigenvalue weighted by Crippen LogP contribution is -2.25. The monoisotopic (exact) mass is 338 g/mol. The first-order valence-electron chi connectivity index (χ1n) is 7.09. The van der Waals surface area contributed by atoms with Gasteiger partial charge in [-0.3, -0.25) is 4.79 Å². The van der Waals surface area contributed by atoms with Gasteiger partial charge in [0.1, 0.15) is 5.82 Å². The molecule has 2 aromatic rings. The van der Waals surface area contributed by atoms with E-state index in [0.717, 1.165) is 21.2 Å². The Labute approximate surface area is 137 Å². The number of rotatable bonds is 5. The van der Waals surface area contributed by atoms with E-state index in [1.165, 1.54) is 17.4 Å². The average Bonchev–Trinajstić information content (AvgIpc) is 3.20. The van der Waals surface area contributed by atoms with Crippen LogP contribution in [0, 0.1) is 11.7 Å². The van der Waals surface area contributed by atoms with E-state index in [2.05, 4.69) is 5.32 Å². The molecule has 0 radical (unpaired) electrons. The molecule has 0 spiro atoms. The molecule has 0 bridgehead atoms. The lowest BCUT2D eigenvalue weighted by Gasteiger charge is -2.07. The Morgan fingerprint density at radius 2 is 2.23 bits per heavy atom. The third-order valence-electron chi connectivity index (χ3n) is 3.89. The van der Waals surface area contributed by atoms with Crippen LogP contribution in [0.1, 0.15) is 28.3 Å². The van der Waals surface area contributed by atoms with Crippen molar-refractivity contribution < 1.29 is 9.18 Å². The number of amides is 1. The van der Waals surface area contributed by atoms with E-state index in [-0.39, 0.29) is 30.1 Å². The number of thiophene rings is 1. The summed E-state index contributed by atoms with van der Waals surface area (Å²) < 4.78 is 14.6. The number of benzene rings is 1. The number of hydrogen-bond acceptors (Lipinski definition) is 3. The Kier molecular flexibility index (Phi) is 4.47. The van der Waals surface area contributed by atoms with Crippen LogP contribution in [-0.4, -0.2) is 5.91 Å². The lowest BCUT2D eigenvalue weighted by atomic mass is 10.1. The molecule has 2 unspecified atom stereocenters. The largest absolute Gasteiger partial charge is 0.352 e. The zero-order valence-electron chi connectivity index (χ0n) is 11.8. The first-order valence-corrected chi connectivity index (χ1v) is 8.28. The first-order chi connectivity index (χ1) is 10.6. The summed E-state index contributed by atoms with van der Waals surface area (Å²) in [6.45, 7) is 0.501. The Morgan fingerprint density at radius 3 is 2.86 bits per heavy atom. The van der Waals surface area contributed by atoms with Crippen molar-refractivity contribution in [2.75, 3.05) is 0 Å². The maximum atomic E-state index is 13.8. The predicted molar refractivity (Wildman–Crippen MR) is 86.3 cm³/mol. The maximum Gasteiger partial charge on any atom is 0.224 e. The summed E-state index contributed by atoms with van der Waals surface area (Å²) >= 11 is 7.42. The Morgan fingerprint density at radius 1 is 1.41 bits per heavy atom. The van der Waals surface area contributed by atoms with Gasteiger partial charge in [-0.15, -0.1) is 11.3 Å². The van der Waals surface area contributed by atoms with Gasteiger partial charge in [0.2, 0.25) is 5.91 Å². The quantitative estimate of drug-likeness (QED) is 0.877. The molecule has 1 fully saturated rings. The SMILES string of the molecule is NCc1ccc(CNC(=O)C2CC2c2ccc(Cl)s2)c(F)c1. The fourth-order valence-electron chi connectivity index (χ4n) is 2.50. The second-order valence-electron chi connectivity index (χ2n) is 5.44. The number of nitrogens with two attached hydrogens (primary N) is 1. The molecule has 1 aromatic carbocycles. The molecule has 1 amide bonds. The number of carbonyl (C=O) groups is 1. The molecule has 116 valence electrons. The van der Waals surface area contributed by atoms with E-state index < -0.39 is 0 Å². The predicted octanol–water partition coefficient (Wildman–Crippen LogP) is 3.42. The highest BCUT2D eigenvalue weighted by Gasteiger charge is 2.44. The second kappa shape index (κ2) is 6.36. The Bertz CT molecular complexity index is 703. The fraction of sp³-hybridized carbons (Fsp3) is 0.312. The molecule has 1 aliphatic carbocycles. The minimum Gasteiger partial charge on any atom is -0.352 e. The summed E-state index contributed by atoms with van der Waals surface area (Å²) in [6.07, 6.45) is 0.831. The first kappa shape index (κ1) is 15.5. The topological polar surface area (TPSA) is 55.1 Å². The molecular formula is C16H16ClFN2OS. The normalized spacial score (nSPS) is 20.0. The summed E-state index contributed by atoms with van der Waals surface area (Å²) in [5.41, 5.74) is 6.68. The van der Waals surface area contributed by atoms with Gasteiger partial charge in [-0.05, 0) is 30.2 Å². The average molecular weight is 339 g/mol. The van der Waals surface area contributed by atoms with Crippen molar-refractivity contribution in [1.29, 1.82) is 0 Å². The third-order valence-corrected chi connectivity index (χ3v) is 5.26. The molecule has 1 heterocycles. The Balaban J connectivity index is 1.55. The van der Waals surface area contributed by atoms with Crippen LogP contribution in [-0.2, 0) is 17.9 Å². The number of carbonyl (C=O) groups excluding carboxylic acids is 1. The van der Waals surface area contributed by atoms with E-state index in [4.69, 9.17) is 17.3 Å². The van der Waals surface area contributed by atoms with E-state index in [0.29, 0.717) is 12.1 Å². The summed E-state index contributed by atoms with van der Waals surface area (Å²) in [7, 11) is 0. The minimum absolute atomic E-state index is 0.0268. The van der Waals surface area contributed by atoms with Gasteiger partial charge in [0, 0.05) is 35.4 Å². The van der Waals surface area contributed by atoms with Gasteiger partial charge in [-0.1, -0.05) is 23.7 Å². The standard InChI is InChI=1S/C16H16ClFN2OS/c17-15-4-3-14(22-15)11-6-12(11)16(21)20-8-10-2-1-9(7-19)5-13(10)18/h1-5,11-12H,6-8,19H2,(H,20,21). The van der Waals surface area contributed by atoms with Gasteiger partial charge in [0.15, 0.2) is 0 Å². The molecular weight excluding hydrogens is 323 g/mol. The smallest absolute Gasteiger partial charge is 0.224 e. The van der Waals surface area contributed by atoms with Crippen molar-refractivity contribution in [2.24, 2.45) is 11.7 Å². The van der Waals surface area contributed by atoms with Crippen molar-refractivity contribution in [3.05, 3.63) is 56.5 Å². The molecule has 1 aliphatic rings. The molecule has 1 saturated carbocycles. The minimum atomic E-state index is -0.333. The maximum absolute atomic E-state index is 13.8. The van der Waals surface area contributed by atoms with Crippen LogP contribution in [0.2, 0.25) is 4.34 Å². The van der Waals surface area contributed by atoms with Gasteiger partial charge in [0.05, 0.1) is 4.34 Å². The van der Waals surface area contributed by atoms with E-state index in [1.807, 2.05) is 12.1 Å². The summed E-state index contributed by atoms with van der Waals surface area (Å²) in [6, 6.07) is 8.67. The Hall–Kier alpha value is -1.43. The zero-order valence-corrected chi connectivity index (χ0v) is 13.4. The molecule has 3 nitrogen and oxygen atoms in total. The van der Waals surface area contributed by atoms with Crippen molar-refractivity contribution in [2.45, 2.75) is 25.4 Å². The number of halogens is 2. The summed E-state index contributed by atoms with van der Waals surface area (Å²) in [5, 5.41) is 2.81. The highest BCUT2D eigenvalue weighted by molar-refractivity contribution is 7.16. The molecule has 3 rings (SSSR count). The van der Waals surface area contributed by atoms with Crippen LogP contribution in [0.15, 0.2) is 30.3 Å². The second-order valence-corrected chi connectivity index (χ2v) is 7.18. The van der Waals surface area contributed by atoms with Gasteiger partial charge in [0.25, 0.3) is 0 Å². The van der Waals surface area contributed by atoms with Gasteiger partial charge in [-0.25, -0.2) is 4.39 Å². The van der Waals surface area contributed by atoms with E-state index >= 15 is 0 Å². The van der Waals surface area contributed by atoms with Crippen molar-refractivity contribution in [3.63, 3.8) is 0 Å². The van der Waals surface area contributed by atoms with Gasteiger partial charge < -0.3 is 11.1 Å². The van der Waals surface area contributed by atoms with E-state index in [9.17, 15) is 9.18 Å². The number of nitrogens with one attached hydrogen (secondary N) is 1. The van der Waals surface area contributed by atoms with Crippen LogP contribution in [0.25, 0.3) is 0 Å². The van der Waals surface area contributed by atoms with Crippen LogP contribution in [0.3, 0.4) is 0 Å². The van der Waals surface area contributed by atoms with E-state index in [1.54, 1.807) is 12.1 Å². The molecule has 2 atom stereocenters. The molecule has 22 heavy (non-hydrogen) atoms. The zero-order chi connectivity index (χ0) is 15.7. The van der Waals surface area contributed by atoms with Crippen molar-refractivity contribution in [3.8, 4) is 0 Å². The molecule has 0 aliphatic heterocycles. The summed E-state index contributed by atoms with van der Waals surface area (Å²) in [5.74, 6) is -0.138. The van der Waals surface area contributed by atoms with Crippen LogP contribution in [0.4, 0.5) is 4.39 Å². The highest BCUT2D eigenvalue weighted by Crippen LogP contribution is 2.50. The highest BCUT2D eigenvalue weighted by atomic mass is 35.5. The van der Waals surface area contributed by atoms with Gasteiger partial charge in [-0.2, -0.15) is 0 Å². The van der Waals surface area contributed by atoms with Crippen LogP contribution in [0.5, 0.6) is 0 Å². The van der Waals surface area contributed by atoms with Crippen molar-refractivity contribution >= 4 is 28.8 Å². The third kappa shape index (κ3) is 3.32. The summed E-state index contributed by atoms with van der Waals surface area (Å²) in [4.78, 5) is 13.3.